The Morgan fingerprint density at radius 2 is 2.00 bits per heavy atom. The number of aliphatic hydroxyl groups is 1. The van der Waals surface area contributed by atoms with Gasteiger partial charge in [-0.15, -0.1) is 0 Å². The third-order valence-corrected chi connectivity index (χ3v) is 4.65. The standard InChI is InChI=1S/C12H19FN2O4S/c1-7(16)12(2,3)15-20(17,18)8-5-9(13)11(19-4)10(14)6-8/h5-7,15-16H,14H2,1-4H3. The highest BCUT2D eigenvalue weighted by Crippen LogP contribution is 2.29. The molecule has 114 valence electrons. The molecular formula is C12H19FN2O4S. The van der Waals surface area contributed by atoms with E-state index in [0.29, 0.717) is 0 Å². The molecule has 0 spiro atoms. The number of nitrogens with two attached hydrogens (primary N) is 1. The summed E-state index contributed by atoms with van der Waals surface area (Å²) in [6.07, 6.45) is -0.933. The van der Waals surface area contributed by atoms with Crippen molar-refractivity contribution in [2.24, 2.45) is 0 Å². The Hall–Kier alpha value is -1.38. The van der Waals surface area contributed by atoms with Gasteiger partial charge in [-0.1, -0.05) is 0 Å². The minimum atomic E-state index is -4.02. The van der Waals surface area contributed by atoms with E-state index in [2.05, 4.69) is 4.72 Å². The van der Waals surface area contributed by atoms with Crippen LogP contribution >= 0.6 is 0 Å². The molecule has 0 saturated heterocycles. The predicted octanol–water partition coefficient (Wildman–Crippen LogP) is 0.854. The number of nitrogens with one attached hydrogen (secondary N) is 1. The summed E-state index contributed by atoms with van der Waals surface area (Å²) in [5.41, 5.74) is 4.32. The SMILES string of the molecule is COc1c(N)cc(S(=O)(=O)NC(C)(C)C(C)O)cc1F. The zero-order valence-electron chi connectivity index (χ0n) is 11.8. The Bertz CT molecular complexity index is 576. The summed E-state index contributed by atoms with van der Waals surface area (Å²) >= 11 is 0. The first kappa shape index (κ1) is 16.7. The van der Waals surface area contributed by atoms with E-state index in [1.54, 1.807) is 0 Å². The van der Waals surface area contributed by atoms with Gasteiger partial charge in [-0.25, -0.2) is 17.5 Å². The lowest BCUT2D eigenvalue weighted by Crippen LogP contribution is -2.50. The van der Waals surface area contributed by atoms with Gasteiger partial charge in [-0.2, -0.15) is 0 Å². The maximum absolute atomic E-state index is 13.7. The van der Waals surface area contributed by atoms with Gasteiger partial charge >= 0.3 is 0 Å². The van der Waals surface area contributed by atoms with Crippen molar-refractivity contribution in [2.75, 3.05) is 12.8 Å². The van der Waals surface area contributed by atoms with Crippen LogP contribution in [0.1, 0.15) is 20.8 Å². The highest BCUT2D eigenvalue weighted by atomic mass is 32.2. The molecule has 0 amide bonds. The van der Waals surface area contributed by atoms with Crippen molar-refractivity contribution in [3.8, 4) is 5.75 Å². The third kappa shape index (κ3) is 3.38. The molecule has 1 atom stereocenters. The normalized spacial score (nSPS) is 14.1. The molecule has 0 aliphatic heterocycles. The van der Waals surface area contributed by atoms with Gasteiger partial charge in [0.25, 0.3) is 0 Å². The predicted molar refractivity (Wildman–Crippen MR) is 73.4 cm³/mol. The molecule has 0 aliphatic rings. The number of benzene rings is 1. The van der Waals surface area contributed by atoms with Gasteiger partial charge in [0.15, 0.2) is 11.6 Å². The van der Waals surface area contributed by atoms with Gasteiger partial charge < -0.3 is 15.6 Å². The zero-order valence-corrected chi connectivity index (χ0v) is 12.6. The summed E-state index contributed by atoms with van der Waals surface area (Å²) in [6, 6.07) is 1.91. The first-order valence-electron chi connectivity index (χ1n) is 5.86. The smallest absolute Gasteiger partial charge is 0.241 e. The van der Waals surface area contributed by atoms with Crippen molar-refractivity contribution >= 4 is 15.7 Å². The quantitative estimate of drug-likeness (QED) is 0.700. The fourth-order valence-corrected chi connectivity index (χ4v) is 2.97. The molecule has 1 aromatic rings. The monoisotopic (exact) mass is 306 g/mol. The lowest BCUT2D eigenvalue weighted by Gasteiger charge is -2.29. The maximum Gasteiger partial charge on any atom is 0.241 e. The average molecular weight is 306 g/mol. The Kier molecular flexibility index (Phi) is 4.62. The molecule has 0 saturated carbocycles. The van der Waals surface area contributed by atoms with Crippen molar-refractivity contribution in [1.82, 2.24) is 4.72 Å². The van der Waals surface area contributed by atoms with Crippen LogP contribution in [0.25, 0.3) is 0 Å². The van der Waals surface area contributed by atoms with Crippen LogP contribution in [0.5, 0.6) is 5.75 Å². The van der Waals surface area contributed by atoms with E-state index < -0.39 is 27.5 Å². The molecule has 20 heavy (non-hydrogen) atoms. The molecule has 0 fully saturated rings. The summed E-state index contributed by atoms with van der Waals surface area (Å²) in [5, 5.41) is 9.54. The first-order chi connectivity index (χ1) is 9.01. The highest BCUT2D eigenvalue weighted by molar-refractivity contribution is 7.89. The molecule has 1 rings (SSSR count). The fourth-order valence-electron chi connectivity index (χ4n) is 1.45. The molecule has 0 bridgehead atoms. The van der Waals surface area contributed by atoms with E-state index in [-0.39, 0.29) is 16.3 Å². The minimum Gasteiger partial charge on any atom is -0.492 e. The average Bonchev–Trinajstić information content (AvgIpc) is 2.26. The van der Waals surface area contributed by atoms with Gasteiger partial charge in [0.2, 0.25) is 10.0 Å². The van der Waals surface area contributed by atoms with Crippen molar-refractivity contribution in [2.45, 2.75) is 37.3 Å². The van der Waals surface area contributed by atoms with Crippen LogP contribution in [-0.2, 0) is 10.0 Å². The number of aliphatic hydroxyl groups excluding tert-OH is 1. The Balaban J connectivity index is 3.24. The summed E-state index contributed by atoms with van der Waals surface area (Å²) < 4.78 is 45.1. The number of halogens is 1. The van der Waals surface area contributed by atoms with Gasteiger partial charge in [0.05, 0.1) is 29.3 Å². The Labute approximate surface area is 117 Å². The van der Waals surface area contributed by atoms with Crippen LogP contribution in [0.2, 0.25) is 0 Å². The van der Waals surface area contributed by atoms with Crippen molar-refractivity contribution in [1.29, 1.82) is 0 Å². The molecule has 0 aliphatic carbocycles. The van der Waals surface area contributed by atoms with Gasteiger partial charge in [0.1, 0.15) is 0 Å². The van der Waals surface area contributed by atoms with Crippen molar-refractivity contribution < 1.29 is 22.7 Å². The van der Waals surface area contributed by atoms with Crippen molar-refractivity contribution in [3.63, 3.8) is 0 Å². The van der Waals surface area contributed by atoms with Gasteiger partial charge in [-0.3, -0.25) is 0 Å². The van der Waals surface area contributed by atoms with Crippen LogP contribution in [0.3, 0.4) is 0 Å². The molecular weight excluding hydrogens is 287 g/mol. The Morgan fingerprint density at radius 3 is 2.40 bits per heavy atom. The van der Waals surface area contributed by atoms with Gasteiger partial charge in [0, 0.05) is 0 Å². The van der Waals surface area contributed by atoms with E-state index in [1.165, 1.54) is 27.9 Å². The largest absolute Gasteiger partial charge is 0.492 e. The Morgan fingerprint density at radius 1 is 1.45 bits per heavy atom. The molecule has 0 aromatic heterocycles. The molecule has 6 nitrogen and oxygen atoms in total. The highest BCUT2D eigenvalue weighted by Gasteiger charge is 2.31. The van der Waals surface area contributed by atoms with E-state index in [0.717, 1.165) is 12.1 Å². The number of nitrogen functional groups attached to an aromatic ring is 1. The van der Waals surface area contributed by atoms with E-state index in [1.807, 2.05) is 0 Å². The number of methoxy groups -OCH3 is 1. The molecule has 4 N–H and O–H groups in total. The second-order valence-electron chi connectivity index (χ2n) is 5.03. The van der Waals surface area contributed by atoms with Crippen LogP contribution in [0.15, 0.2) is 17.0 Å². The summed E-state index contributed by atoms with van der Waals surface area (Å²) in [7, 11) is -2.78. The van der Waals surface area contributed by atoms with Crippen LogP contribution < -0.4 is 15.2 Å². The number of ether oxygens (including phenoxy) is 1. The van der Waals surface area contributed by atoms with Gasteiger partial charge in [-0.05, 0) is 32.9 Å². The molecule has 0 heterocycles. The first-order valence-corrected chi connectivity index (χ1v) is 7.34. The number of rotatable bonds is 5. The summed E-state index contributed by atoms with van der Waals surface area (Å²) in [5.74, 6) is -1.08. The van der Waals surface area contributed by atoms with Crippen LogP contribution in [0, 0.1) is 5.82 Å². The second-order valence-corrected chi connectivity index (χ2v) is 6.71. The lowest BCUT2D eigenvalue weighted by atomic mass is 10.0. The number of anilines is 1. The topological polar surface area (TPSA) is 102 Å². The van der Waals surface area contributed by atoms with E-state index >= 15 is 0 Å². The maximum atomic E-state index is 13.7. The van der Waals surface area contributed by atoms with Crippen LogP contribution in [0.4, 0.5) is 10.1 Å². The van der Waals surface area contributed by atoms with Crippen molar-refractivity contribution in [3.05, 3.63) is 17.9 Å². The third-order valence-electron chi connectivity index (χ3n) is 3.00. The minimum absolute atomic E-state index is 0.122. The molecule has 0 radical (unpaired) electrons. The number of hydrogen-bond acceptors (Lipinski definition) is 5. The molecule has 1 aromatic carbocycles. The molecule has 1 unspecified atom stereocenters. The molecule has 8 heteroatoms. The van der Waals surface area contributed by atoms with E-state index in [9.17, 15) is 17.9 Å². The summed E-state index contributed by atoms with van der Waals surface area (Å²) in [4.78, 5) is -0.331. The zero-order chi connectivity index (χ0) is 15.7. The summed E-state index contributed by atoms with van der Waals surface area (Å²) in [6.45, 7) is 4.47. The fraction of sp³-hybridized carbons (Fsp3) is 0.500. The number of hydrogen-bond donors (Lipinski definition) is 3. The van der Waals surface area contributed by atoms with E-state index in [4.69, 9.17) is 10.5 Å². The lowest BCUT2D eigenvalue weighted by molar-refractivity contribution is 0.111. The van der Waals surface area contributed by atoms with Crippen LogP contribution in [-0.4, -0.2) is 32.3 Å². The second kappa shape index (κ2) is 5.55. The number of sulfonamides is 1.